The van der Waals surface area contributed by atoms with Gasteiger partial charge in [0, 0.05) is 17.6 Å². The quantitative estimate of drug-likeness (QED) is 0.720. The maximum Gasteiger partial charge on any atom is 0.243 e. The fourth-order valence-electron chi connectivity index (χ4n) is 2.29. The molecule has 4 nitrogen and oxygen atoms in total. The Morgan fingerprint density at radius 2 is 1.83 bits per heavy atom. The van der Waals surface area contributed by atoms with Crippen LogP contribution in [0.15, 0.2) is 40.8 Å². The summed E-state index contributed by atoms with van der Waals surface area (Å²) in [4.78, 5) is 0.186. The second-order valence-electron chi connectivity index (χ2n) is 6.28. The largest absolute Gasteiger partial charge is 0.395 e. The van der Waals surface area contributed by atoms with Crippen molar-refractivity contribution in [1.29, 1.82) is 0 Å². The Morgan fingerprint density at radius 3 is 2.26 bits per heavy atom. The van der Waals surface area contributed by atoms with Crippen LogP contribution in [0.25, 0.3) is 0 Å². The molecule has 1 N–H and O–H groups in total. The monoisotopic (exact) mass is 359 g/mol. The minimum atomic E-state index is -3.70. The smallest absolute Gasteiger partial charge is 0.243 e. The number of nitrogens with zero attached hydrogens (tertiary/aromatic N) is 1. The van der Waals surface area contributed by atoms with E-state index in [9.17, 15) is 13.5 Å². The lowest BCUT2D eigenvalue weighted by molar-refractivity contribution is 0.175. The van der Waals surface area contributed by atoms with Crippen LogP contribution < -0.4 is 0 Å². The zero-order valence-corrected chi connectivity index (χ0v) is 15.7. The van der Waals surface area contributed by atoms with E-state index in [-0.39, 0.29) is 24.0 Å². The Bertz CT molecular complexity index is 620. The summed E-state index contributed by atoms with van der Waals surface area (Å²) in [5, 5.41) is 10.2. The number of hydrogen-bond donors (Lipinski definition) is 1. The zero-order valence-electron chi connectivity index (χ0n) is 14.2. The van der Waals surface area contributed by atoms with E-state index in [4.69, 9.17) is 11.6 Å². The highest BCUT2D eigenvalue weighted by molar-refractivity contribution is 7.89. The van der Waals surface area contributed by atoms with Crippen molar-refractivity contribution in [2.45, 2.75) is 45.1 Å². The van der Waals surface area contributed by atoms with Gasteiger partial charge in [0.05, 0.1) is 11.5 Å². The van der Waals surface area contributed by atoms with Crippen LogP contribution in [0.2, 0.25) is 5.02 Å². The molecule has 0 amide bonds. The number of benzene rings is 1. The van der Waals surface area contributed by atoms with Crippen LogP contribution in [0.1, 0.15) is 34.1 Å². The van der Waals surface area contributed by atoms with E-state index in [2.05, 4.69) is 0 Å². The predicted octanol–water partition coefficient (Wildman–Crippen LogP) is 3.70. The molecule has 0 saturated heterocycles. The van der Waals surface area contributed by atoms with E-state index in [1.165, 1.54) is 16.4 Å². The minimum Gasteiger partial charge on any atom is -0.395 e. The summed E-state index contributed by atoms with van der Waals surface area (Å²) < 4.78 is 27.3. The molecule has 1 aromatic rings. The van der Waals surface area contributed by atoms with Crippen LogP contribution in [0.4, 0.5) is 0 Å². The molecule has 0 aromatic heterocycles. The molecule has 6 heteroatoms. The average Bonchev–Trinajstić information content (AvgIpc) is 2.45. The Kier molecular flexibility index (Phi) is 7.74. The molecule has 0 radical (unpaired) electrons. The first-order chi connectivity index (χ1) is 10.7. The first-order valence-electron chi connectivity index (χ1n) is 7.70. The van der Waals surface area contributed by atoms with Crippen molar-refractivity contribution in [3.05, 3.63) is 40.9 Å². The van der Waals surface area contributed by atoms with Crippen LogP contribution >= 0.6 is 11.6 Å². The van der Waals surface area contributed by atoms with E-state index in [0.717, 1.165) is 5.57 Å². The molecule has 0 unspecified atom stereocenters. The van der Waals surface area contributed by atoms with Crippen molar-refractivity contribution >= 4 is 21.6 Å². The fourth-order valence-corrected chi connectivity index (χ4v) is 3.98. The molecule has 0 fully saturated rings. The molecule has 0 bridgehead atoms. The third-order valence-corrected chi connectivity index (χ3v) is 5.65. The lowest BCUT2D eigenvalue weighted by atomic mass is 10.0. The van der Waals surface area contributed by atoms with Gasteiger partial charge < -0.3 is 5.11 Å². The van der Waals surface area contributed by atoms with E-state index in [0.29, 0.717) is 11.4 Å². The number of sulfonamides is 1. The molecule has 1 aromatic carbocycles. The molecule has 23 heavy (non-hydrogen) atoms. The lowest BCUT2D eigenvalue weighted by Crippen LogP contribution is -2.43. The van der Waals surface area contributed by atoms with Gasteiger partial charge in [0.1, 0.15) is 0 Å². The first kappa shape index (κ1) is 20.2. The number of aliphatic hydroxyl groups excluding tert-OH is 1. The molecule has 0 aliphatic heterocycles. The lowest BCUT2D eigenvalue weighted by Gasteiger charge is -2.30. The molecule has 0 saturated carbocycles. The molecular formula is C17H26ClNO3S. The Morgan fingerprint density at radius 1 is 1.26 bits per heavy atom. The van der Waals surface area contributed by atoms with Gasteiger partial charge in [-0.3, -0.25) is 0 Å². The molecule has 1 atom stereocenters. The van der Waals surface area contributed by atoms with Gasteiger partial charge in [0.15, 0.2) is 0 Å². The third-order valence-electron chi connectivity index (χ3n) is 3.46. The third kappa shape index (κ3) is 5.92. The van der Waals surface area contributed by atoms with Gasteiger partial charge in [-0.2, -0.15) is 4.31 Å². The molecule has 130 valence electrons. The first-order valence-corrected chi connectivity index (χ1v) is 9.52. The van der Waals surface area contributed by atoms with Gasteiger partial charge in [-0.05, 0) is 50.5 Å². The topological polar surface area (TPSA) is 57.6 Å². The highest BCUT2D eigenvalue weighted by atomic mass is 35.5. The summed E-state index contributed by atoms with van der Waals surface area (Å²) in [6.07, 6.45) is 2.45. The summed E-state index contributed by atoms with van der Waals surface area (Å²) in [7, 11) is -3.70. The summed E-state index contributed by atoms with van der Waals surface area (Å²) >= 11 is 5.84. The van der Waals surface area contributed by atoms with Crippen molar-refractivity contribution in [2.75, 3.05) is 13.2 Å². The summed E-state index contributed by atoms with van der Waals surface area (Å²) in [5.41, 5.74) is 1.03. The van der Waals surface area contributed by atoms with Crippen LogP contribution in [0.3, 0.4) is 0 Å². The second-order valence-corrected chi connectivity index (χ2v) is 8.60. The standard InChI is InChI=1S/C17H26ClNO3S/c1-13(2)9-10-19(16(12-20)11-14(3)4)23(21,22)17-7-5-15(18)6-8-17/h5-9,14,16,20H,10-12H2,1-4H3/t16-/m1/s1. The van der Waals surface area contributed by atoms with Gasteiger partial charge in [0.25, 0.3) is 0 Å². The van der Waals surface area contributed by atoms with Crippen molar-refractivity contribution in [3.63, 3.8) is 0 Å². The molecule has 0 spiro atoms. The van der Waals surface area contributed by atoms with Crippen LogP contribution in [-0.4, -0.2) is 37.0 Å². The van der Waals surface area contributed by atoms with E-state index in [1.807, 2.05) is 33.8 Å². The van der Waals surface area contributed by atoms with E-state index >= 15 is 0 Å². The number of allylic oxidation sites excluding steroid dienone is 1. The summed E-state index contributed by atoms with van der Waals surface area (Å²) in [6, 6.07) is 5.66. The molecule has 1 rings (SSSR count). The molecule has 0 heterocycles. The van der Waals surface area contributed by atoms with Gasteiger partial charge >= 0.3 is 0 Å². The number of aliphatic hydroxyl groups is 1. The van der Waals surface area contributed by atoms with E-state index < -0.39 is 16.1 Å². The Hall–Kier alpha value is -0.880. The maximum absolute atomic E-state index is 13.0. The van der Waals surface area contributed by atoms with Crippen molar-refractivity contribution in [2.24, 2.45) is 5.92 Å². The van der Waals surface area contributed by atoms with Crippen molar-refractivity contribution in [1.82, 2.24) is 4.31 Å². The van der Waals surface area contributed by atoms with Gasteiger partial charge in [-0.1, -0.05) is 37.1 Å². The Balaban J connectivity index is 3.25. The second kappa shape index (κ2) is 8.83. The molecular weight excluding hydrogens is 334 g/mol. The molecule has 0 aliphatic carbocycles. The van der Waals surface area contributed by atoms with Crippen LogP contribution in [-0.2, 0) is 10.0 Å². The van der Waals surface area contributed by atoms with Crippen molar-refractivity contribution < 1.29 is 13.5 Å². The van der Waals surface area contributed by atoms with Gasteiger partial charge in [-0.25, -0.2) is 8.42 Å². The summed E-state index contributed by atoms with van der Waals surface area (Å²) in [6.45, 7) is 7.90. The van der Waals surface area contributed by atoms with Crippen molar-refractivity contribution in [3.8, 4) is 0 Å². The zero-order chi connectivity index (χ0) is 17.6. The SMILES string of the molecule is CC(C)=CCN([C@@H](CO)CC(C)C)S(=O)(=O)c1ccc(Cl)cc1. The highest BCUT2D eigenvalue weighted by Crippen LogP contribution is 2.23. The van der Waals surface area contributed by atoms with Crippen LogP contribution in [0.5, 0.6) is 0 Å². The normalized spacial score (nSPS) is 13.4. The highest BCUT2D eigenvalue weighted by Gasteiger charge is 2.30. The summed E-state index contributed by atoms with van der Waals surface area (Å²) in [5.74, 6) is 0.279. The van der Waals surface area contributed by atoms with E-state index in [1.54, 1.807) is 12.1 Å². The number of hydrogen-bond acceptors (Lipinski definition) is 3. The van der Waals surface area contributed by atoms with Crippen LogP contribution in [0, 0.1) is 5.92 Å². The van der Waals surface area contributed by atoms with Gasteiger partial charge in [0.2, 0.25) is 10.0 Å². The minimum absolute atomic E-state index is 0.186. The predicted molar refractivity (Wildman–Crippen MR) is 95.1 cm³/mol. The Labute approximate surface area is 144 Å². The molecule has 0 aliphatic rings. The average molecular weight is 360 g/mol. The number of halogens is 1. The maximum atomic E-state index is 13.0. The number of rotatable bonds is 8. The van der Waals surface area contributed by atoms with Gasteiger partial charge in [-0.15, -0.1) is 0 Å². The fraction of sp³-hybridized carbons (Fsp3) is 0.529.